The standard InChI is InChI=1S/C21H26N2O3/c1-20(2)11-21(13-26-4)12-23(10-17(20)21)19(25)15-9-18(24)22(3)16-8-6-5-7-14(15)16/h5-9,17H,10-13H2,1-4H3/t17-,21-/m1/s1. The van der Waals surface area contributed by atoms with Crippen molar-refractivity contribution in [1.82, 2.24) is 9.47 Å². The molecule has 0 spiro atoms. The molecule has 0 bridgehead atoms. The van der Waals surface area contributed by atoms with Crippen LogP contribution in [0.3, 0.4) is 0 Å². The van der Waals surface area contributed by atoms with Gasteiger partial charge in [0.05, 0.1) is 17.7 Å². The molecule has 5 heteroatoms. The fourth-order valence-corrected chi connectivity index (χ4v) is 5.52. The van der Waals surface area contributed by atoms with E-state index >= 15 is 0 Å². The Bertz CT molecular complexity index is 946. The van der Waals surface area contributed by atoms with Crippen molar-refractivity contribution in [2.75, 3.05) is 26.8 Å². The molecule has 0 radical (unpaired) electrons. The number of aryl methyl sites for hydroxylation is 1. The number of carbonyl (C=O) groups excluding carboxylic acids is 1. The van der Waals surface area contributed by atoms with Crippen molar-refractivity contribution < 1.29 is 9.53 Å². The van der Waals surface area contributed by atoms with Gasteiger partial charge in [0.1, 0.15) is 0 Å². The van der Waals surface area contributed by atoms with Crippen molar-refractivity contribution in [3.63, 3.8) is 0 Å². The molecule has 5 nitrogen and oxygen atoms in total. The van der Waals surface area contributed by atoms with Crippen LogP contribution in [-0.2, 0) is 11.8 Å². The Kier molecular flexibility index (Phi) is 3.77. The fraction of sp³-hybridized carbons (Fsp3) is 0.524. The van der Waals surface area contributed by atoms with Crippen LogP contribution in [-0.4, -0.2) is 42.2 Å². The Labute approximate surface area is 153 Å². The molecular formula is C21H26N2O3. The lowest BCUT2D eigenvalue weighted by Crippen LogP contribution is -2.55. The van der Waals surface area contributed by atoms with Crippen molar-refractivity contribution in [2.24, 2.45) is 23.8 Å². The van der Waals surface area contributed by atoms with Crippen molar-refractivity contribution in [3.05, 3.63) is 46.2 Å². The second kappa shape index (κ2) is 5.68. The van der Waals surface area contributed by atoms with Gasteiger partial charge < -0.3 is 14.2 Å². The lowest BCUT2D eigenvalue weighted by atomic mass is 9.48. The smallest absolute Gasteiger partial charge is 0.254 e. The summed E-state index contributed by atoms with van der Waals surface area (Å²) in [6.07, 6.45) is 1.07. The monoisotopic (exact) mass is 354 g/mol. The second-order valence-corrected chi connectivity index (χ2v) is 8.67. The van der Waals surface area contributed by atoms with E-state index in [4.69, 9.17) is 4.74 Å². The molecule has 2 aromatic rings. The number of methoxy groups -OCH3 is 1. The Hall–Kier alpha value is -2.14. The van der Waals surface area contributed by atoms with Crippen LogP contribution < -0.4 is 5.56 Å². The number of hydrogen-bond acceptors (Lipinski definition) is 3. The SMILES string of the molecule is COC[C@@]12CN(C(=O)c3cc(=O)n(C)c4ccccc34)C[C@@H]1C(C)(C)C2. The van der Waals surface area contributed by atoms with Crippen molar-refractivity contribution in [1.29, 1.82) is 0 Å². The summed E-state index contributed by atoms with van der Waals surface area (Å²) in [4.78, 5) is 27.6. The van der Waals surface area contributed by atoms with Gasteiger partial charge in [-0.2, -0.15) is 0 Å². The number of pyridine rings is 1. The number of rotatable bonds is 3. The van der Waals surface area contributed by atoms with Gasteiger partial charge in [-0.05, 0) is 23.8 Å². The summed E-state index contributed by atoms with van der Waals surface area (Å²) >= 11 is 0. The molecular weight excluding hydrogens is 328 g/mol. The molecule has 2 heterocycles. The summed E-state index contributed by atoms with van der Waals surface area (Å²) < 4.78 is 7.08. The first kappa shape index (κ1) is 17.3. The molecule has 1 aliphatic heterocycles. The molecule has 2 atom stereocenters. The number of aromatic nitrogens is 1. The highest BCUT2D eigenvalue weighted by atomic mass is 16.5. The minimum atomic E-state index is -0.152. The van der Waals surface area contributed by atoms with E-state index in [0.717, 1.165) is 23.9 Å². The molecule has 1 aromatic heterocycles. The lowest BCUT2D eigenvalue weighted by molar-refractivity contribution is -0.107. The maximum absolute atomic E-state index is 13.3. The lowest BCUT2D eigenvalue weighted by Gasteiger charge is -2.56. The van der Waals surface area contributed by atoms with Gasteiger partial charge in [-0.1, -0.05) is 32.0 Å². The van der Waals surface area contributed by atoms with Crippen LogP contribution in [0, 0.1) is 16.7 Å². The third-order valence-corrected chi connectivity index (χ3v) is 6.50. The predicted molar refractivity (Wildman–Crippen MR) is 101 cm³/mol. The van der Waals surface area contributed by atoms with Crippen molar-refractivity contribution in [3.8, 4) is 0 Å². The molecule has 1 aliphatic carbocycles. The second-order valence-electron chi connectivity index (χ2n) is 8.67. The molecule has 26 heavy (non-hydrogen) atoms. The van der Waals surface area contributed by atoms with Crippen molar-refractivity contribution in [2.45, 2.75) is 20.3 Å². The number of hydrogen-bond donors (Lipinski definition) is 0. The molecule has 2 fully saturated rings. The van der Waals surface area contributed by atoms with Crippen LogP contribution in [0.5, 0.6) is 0 Å². The zero-order chi connectivity index (χ0) is 18.7. The van der Waals surface area contributed by atoms with Crippen LogP contribution in [0.25, 0.3) is 10.9 Å². The van der Waals surface area contributed by atoms with Crippen LogP contribution in [0.4, 0.5) is 0 Å². The zero-order valence-corrected chi connectivity index (χ0v) is 15.9. The highest BCUT2D eigenvalue weighted by molar-refractivity contribution is 6.06. The maximum atomic E-state index is 13.3. The van der Waals surface area contributed by atoms with E-state index in [9.17, 15) is 9.59 Å². The van der Waals surface area contributed by atoms with Crippen LogP contribution in [0.1, 0.15) is 30.6 Å². The molecule has 138 valence electrons. The van der Waals surface area contributed by atoms with Gasteiger partial charge in [0, 0.05) is 44.1 Å². The molecule has 2 aliphatic rings. The molecule has 1 saturated carbocycles. The van der Waals surface area contributed by atoms with E-state index in [1.54, 1.807) is 18.7 Å². The highest BCUT2D eigenvalue weighted by Crippen LogP contribution is 2.62. The topological polar surface area (TPSA) is 51.5 Å². The van der Waals surface area contributed by atoms with Crippen molar-refractivity contribution >= 4 is 16.8 Å². The Morgan fingerprint density at radius 1 is 1.31 bits per heavy atom. The minimum absolute atomic E-state index is 0.0421. The predicted octanol–water partition coefficient (Wildman–Crippen LogP) is 2.67. The van der Waals surface area contributed by atoms with Gasteiger partial charge in [0.25, 0.3) is 11.5 Å². The van der Waals surface area contributed by atoms with Gasteiger partial charge in [-0.25, -0.2) is 0 Å². The van der Waals surface area contributed by atoms with Gasteiger partial charge in [0.15, 0.2) is 0 Å². The summed E-state index contributed by atoms with van der Waals surface area (Å²) in [5.74, 6) is 0.399. The number of ether oxygens (including phenoxy) is 1. The number of carbonyl (C=O) groups is 1. The van der Waals surface area contributed by atoms with E-state index in [2.05, 4.69) is 13.8 Å². The number of para-hydroxylation sites is 1. The summed E-state index contributed by atoms with van der Waals surface area (Å²) in [6.45, 7) is 6.67. The summed E-state index contributed by atoms with van der Waals surface area (Å²) in [5, 5.41) is 0.832. The molecule has 1 amide bonds. The van der Waals surface area contributed by atoms with Gasteiger partial charge in [-0.15, -0.1) is 0 Å². The number of nitrogens with zero attached hydrogens (tertiary/aromatic N) is 2. The maximum Gasteiger partial charge on any atom is 0.254 e. The Balaban J connectivity index is 1.73. The largest absolute Gasteiger partial charge is 0.384 e. The van der Waals surface area contributed by atoms with E-state index < -0.39 is 0 Å². The summed E-state index contributed by atoms with van der Waals surface area (Å²) in [6, 6.07) is 9.09. The number of amides is 1. The molecule has 1 aromatic carbocycles. The van der Waals surface area contributed by atoms with Crippen LogP contribution in [0.15, 0.2) is 35.1 Å². The first-order valence-corrected chi connectivity index (χ1v) is 9.16. The Morgan fingerprint density at radius 3 is 2.73 bits per heavy atom. The average Bonchev–Trinajstić information content (AvgIpc) is 2.92. The molecule has 0 unspecified atom stereocenters. The van der Waals surface area contributed by atoms with E-state index in [0.29, 0.717) is 24.6 Å². The minimum Gasteiger partial charge on any atom is -0.384 e. The molecule has 1 saturated heterocycles. The third-order valence-electron chi connectivity index (χ3n) is 6.50. The molecule has 4 rings (SSSR count). The normalized spacial score (nSPS) is 26.6. The number of likely N-dealkylation sites (tertiary alicyclic amines) is 1. The quantitative estimate of drug-likeness (QED) is 0.851. The highest BCUT2D eigenvalue weighted by Gasteiger charge is 2.63. The van der Waals surface area contributed by atoms with Gasteiger partial charge >= 0.3 is 0 Å². The van der Waals surface area contributed by atoms with Crippen LogP contribution in [0.2, 0.25) is 0 Å². The first-order chi connectivity index (χ1) is 12.3. The first-order valence-electron chi connectivity index (χ1n) is 9.16. The average molecular weight is 354 g/mol. The summed E-state index contributed by atoms with van der Waals surface area (Å²) in [5.41, 5.74) is 1.43. The number of fused-ring (bicyclic) bond motifs is 2. The summed E-state index contributed by atoms with van der Waals surface area (Å²) in [7, 11) is 3.47. The van der Waals surface area contributed by atoms with E-state index in [-0.39, 0.29) is 22.3 Å². The fourth-order valence-electron chi connectivity index (χ4n) is 5.52. The molecule has 0 N–H and O–H groups in total. The third kappa shape index (κ3) is 2.33. The van der Waals surface area contributed by atoms with E-state index in [1.807, 2.05) is 29.2 Å². The van der Waals surface area contributed by atoms with Gasteiger partial charge in [-0.3, -0.25) is 9.59 Å². The van der Waals surface area contributed by atoms with Crippen LogP contribution >= 0.6 is 0 Å². The van der Waals surface area contributed by atoms with Gasteiger partial charge in [0.2, 0.25) is 0 Å². The van der Waals surface area contributed by atoms with E-state index in [1.165, 1.54) is 6.07 Å². The zero-order valence-electron chi connectivity index (χ0n) is 15.9. The Morgan fingerprint density at radius 2 is 2.04 bits per heavy atom. The number of benzene rings is 1.